The summed E-state index contributed by atoms with van der Waals surface area (Å²) in [7, 11) is 0. The molecule has 0 aliphatic rings. The van der Waals surface area contributed by atoms with Gasteiger partial charge in [0.1, 0.15) is 5.60 Å². The molecular formula is C17H28N2O2. The van der Waals surface area contributed by atoms with Crippen molar-refractivity contribution in [3.8, 4) is 0 Å². The summed E-state index contributed by atoms with van der Waals surface area (Å²) in [6.45, 7) is 10.3. The standard InChI is InChI=1S/C17H28N2O2/c1-6-9-14-10-7-8-11-15(14)19-13(2)12-18-16(20)21-17(3,4)5/h7-8,10-11,13,19H,6,9,12H2,1-5H3,(H,18,20). The Hall–Kier alpha value is -1.71. The van der Waals surface area contributed by atoms with E-state index in [1.807, 2.05) is 33.8 Å². The minimum Gasteiger partial charge on any atom is -0.444 e. The number of anilines is 1. The predicted molar refractivity (Wildman–Crippen MR) is 87.8 cm³/mol. The van der Waals surface area contributed by atoms with Gasteiger partial charge in [-0.3, -0.25) is 0 Å². The number of aryl methyl sites for hydroxylation is 1. The summed E-state index contributed by atoms with van der Waals surface area (Å²) in [5, 5.41) is 6.23. The van der Waals surface area contributed by atoms with Gasteiger partial charge in [0.05, 0.1) is 0 Å². The van der Waals surface area contributed by atoms with Gasteiger partial charge in [-0.1, -0.05) is 31.5 Å². The fourth-order valence-corrected chi connectivity index (χ4v) is 2.02. The zero-order valence-corrected chi connectivity index (χ0v) is 13.8. The first kappa shape index (κ1) is 17.3. The Morgan fingerprint density at radius 2 is 1.95 bits per heavy atom. The maximum Gasteiger partial charge on any atom is 0.407 e. The number of hydrogen-bond acceptors (Lipinski definition) is 3. The minimum atomic E-state index is -0.464. The molecular weight excluding hydrogens is 264 g/mol. The molecule has 1 aromatic rings. The normalized spacial score (nSPS) is 12.6. The molecule has 0 radical (unpaired) electrons. The van der Waals surface area contributed by atoms with Crippen LogP contribution >= 0.6 is 0 Å². The van der Waals surface area contributed by atoms with Crippen LogP contribution in [0.25, 0.3) is 0 Å². The number of para-hydroxylation sites is 1. The molecule has 4 nitrogen and oxygen atoms in total. The molecule has 1 unspecified atom stereocenters. The summed E-state index contributed by atoms with van der Waals surface area (Å²) in [5.74, 6) is 0. The zero-order chi connectivity index (χ0) is 15.9. The van der Waals surface area contributed by atoms with Gasteiger partial charge in [0, 0.05) is 18.3 Å². The van der Waals surface area contributed by atoms with Crippen LogP contribution in [0, 0.1) is 0 Å². The maximum absolute atomic E-state index is 11.6. The summed E-state index contributed by atoms with van der Waals surface area (Å²) >= 11 is 0. The molecule has 0 saturated carbocycles. The third-order valence-electron chi connectivity index (χ3n) is 2.89. The molecule has 4 heteroatoms. The number of hydrogen-bond donors (Lipinski definition) is 2. The van der Waals surface area contributed by atoms with Gasteiger partial charge in [0.2, 0.25) is 0 Å². The number of ether oxygens (including phenoxy) is 1. The number of rotatable bonds is 6. The first-order chi connectivity index (χ1) is 9.81. The van der Waals surface area contributed by atoms with E-state index in [2.05, 4.69) is 35.8 Å². The van der Waals surface area contributed by atoms with Crippen molar-refractivity contribution in [1.82, 2.24) is 5.32 Å². The summed E-state index contributed by atoms with van der Waals surface area (Å²) in [5.41, 5.74) is 1.98. The molecule has 0 saturated heterocycles. The average Bonchev–Trinajstić information content (AvgIpc) is 2.37. The van der Waals surface area contributed by atoms with Crippen molar-refractivity contribution >= 4 is 11.8 Å². The molecule has 1 amide bonds. The summed E-state index contributed by atoms with van der Waals surface area (Å²) < 4.78 is 5.22. The number of nitrogens with one attached hydrogen (secondary N) is 2. The van der Waals surface area contributed by atoms with Crippen molar-refractivity contribution in [3.63, 3.8) is 0 Å². The molecule has 0 aliphatic carbocycles. The fourth-order valence-electron chi connectivity index (χ4n) is 2.02. The van der Waals surface area contributed by atoms with Gasteiger partial charge in [-0.05, 0) is 45.7 Å². The number of benzene rings is 1. The van der Waals surface area contributed by atoms with Gasteiger partial charge in [-0.25, -0.2) is 4.79 Å². The number of carbonyl (C=O) groups is 1. The molecule has 0 aromatic heterocycles. The zero-order valence-electron chi connectivity index (χ0n) is 13.8. The van der Waals surface area contributed by atoms with Gasteiger partial charge in [-0.15, -0.1) is 0 Å². The van der Waals surface area contributed by atoms with Gasteiger partial charge < -0.3 is 15.4 Å². The van der Waals surface area contributed by atoms with Crippen LogP contribution in [-0.4, -0.2) is 24.3 Å². The fraction of sp³-hybridized carbons (Fsp3) is 0.588. The SMILES string of the molecule is CCCc1ccccc1NC(C)CNC(=O)OC(C)(C)C. The van der Waals surface area contributed by atoms with Gasteiger partial charge in [-0.2, -0.15) is 0 Å². The second kappa shape index (κ2) is 7.91. The second-order valence-electron chi connectivity index (χ2n) is 6.34. The van der Waals surface area contributed by atoms with Crippen molar-refractivity contribution in [1.29, 1.82) is 0 Å². The van der Waals surface area contributed by atoms with Crippen LogP contribution in [0.15, 0.2) is 24.3 Å². The first-order valence-corrected chi connectivity index (χ1v) is 7.63. The largest absolute Gasteiger partial charge is 0.444 e. The van der Waals surface area contributed by atoms with Gasteiger partial charge in [0.25, 0.3) is 0 Å². The van der Waals surface area contributed by atoms with E-state index >= 15 is 0 Å². The van der Waals surface area contributed by atoms with Crippen molar-refractivity contribution in [2.45, 2.75) is 59.1 Å². The number of carbonyl (C=O) groups excluding carboxylic acids is 1. The maximum atomic E-state index is 11.6. The molecule has 0 bridgehead atoms. The smallest absolute Gasteiger partial charge is 0.407 e. The lowest BCUT2D eigenvalue weighted by atomic mass is 10.1. The molecule has 2 N–H and O–H groups in total. The van der Waals surface area contributed by atoms with E-state index in [-0.39, 0.29) is 12.1 Å². The highest BCUT2D eigenvalue weighted by Gasteiger charge is 2.16. The van der Waals surface area contributed by atoms with Crippen molar-refractivity contribution in [3.05, 3.63) is 29.8 Å². The van der Waals surface area contributed by atoms with Gasteiger partial charge in [0.15, 0.2) is 0 Å². The molecule has 118 valence electrons. The van der Waals surface area contributed by atoms with Crippen LogP contribution in [0.1, 0.15) is 46.6 Å². The Morgan fingerprint density at radius 3 is 2.57 bits per heavy atom. The molecule has 0 aliphatic heterocycles. The predicted octanol–water partition coefficient (Wildman–Crippen LogP) is 3.96. The average molecular weight is 292 g/mol. The van der Waals surface area contributed by atoms with Crippen LogP contribution in [0.5, 0.6) is 0 Å². The van der Waals surface area contributed by atoms with Crippen molar-refractivity contribution in [2.75, 3.05) is 11.9 Å². The van der Waals surface area contributed by atoms with Crippen molar-refractivity contribution < 1.29 is 9.53 Å². The van der Waals surface area contributed by atoms with E-state index in [1.165, 1.54) is 5.56 Å². The Labute approximate surface area is 128 Å². The Kier molecular flexibility index (Phi) is 6.53. The number of alkyl carbamates (subject to hydrolysis) is 1. The Bertz CT molecular complexity index is 452. The lowest BCUT2D eigenvalue weighted by Gasteiger charge is -2.22. The van der Waals surface area contributed by atoms with Gasteiger partial charge >= 0.3 is 6.09 Å². The van der Waals surface area contributed by atoms with E-state index in [9.17, 15) is 4.79 Å². The monoisotopic (exact) mass is 292 g/mol. The number of amides is 1. The lowest BCUT2D eigenvalue weighted by Crippen LogP contribution is -2.38. The molecule has 21 heavy (non-hydrogen) atoms. The molecule has 1 atom stereocenters. The summed E-state index contributed by atoms with van der Waals surface area (Å²) in [4.78, 5) is 11.6. The van der Waals surface area contributed by atoms with E-state index in [0.717, 1.165) is 18.5 Å². The van der Waals surface area contributed by atoms with E-state index in [4.69, 9.17) is 4.74 Å². The van der Waals surface area contributed by atoms with Crippen LogP contribution in [0.3, 0.4) is 0 Å². The Morgan fingerprint density at radius 1 is 1.29 bits per heavy atom. The highest BCUT2D eigenvalue weighted by atomic mass is 16.6. The van der Waals surface area contributed by atoms with Crippen LogP contribution in [-0.2, 0) is 11.2 Å². The molecule has 0 heterocycles. The van der Waals surface area contributed by atoms with E-state index in [1.54, 1.807) is 0 Å². The summed E-state index contributed by atoms with van der Waals surface area (Å²) in [6, 6.07) is 8.43. The molecule has 1 aromatic carbocycles. The van der Waals surface area contributed by atoms with Crippen LogP contribution in [0.4, 0.5) is 10.5 Å². The quantitative estimate of drug-likeness (QED) is 0.834. The molecule has 0 spiro atoms. The first-order valence-electron chi connectivity index (χ1n) is 7.63. The van der Waals surface area contributed by atoms with Crippen molar-refractivity contribution in [2.24, 2.45) is 0 Å². The van der Waals surface area contributed by atoms with Crippen LogP contribution in [0.2, 0.25) is 0 Å². The highest BCUT2D eigenvalue weighted by Crippen LogP contribution is 2.17. The third kappa shape index (κ3) is 7.02. The van der Waals surface area contributed by atoms with E-state index < -0.39 is 5.60 Å². The topological polar surface area (TPSA) is 50.4 Å². The minimum absolute atomic E-state index is 0.135. The van der Waals surface area contributed by atoms with Crippen LogP contribution < -0.4 is 10.6 Å². The third-order valence-corrected chi connectivity index (χ3v) is 2.89. The molecule has 0 fully saturated rings. The van der Waals surface area contributed by atoms with E-state index in [0.29, 0.717) is 6.54 Å². The summed E-state index contributed by atoms with van der Waals surface area (Å²) in [6.07, 6.45) is 1.79. The second-order valence-corrected chi connectivity index (χ2v) is 6.34. The Balaban J connectivity index is 2.47. The molecule has 1 rings (SSSR count). The highest BCUT2D eigenvalue weighted by molar-refractivity contribution is 5.67. The lowest BCUT2D eigenvalue weighted by molar-refractivity contribution is 0.0526.